The van der Waals surface area contributed by atoms with Crippen LogP contribution in [0.2, 0.25) is 0 Å². The van der Waals surface area contributed by atoms with Crippen LogP contribution in [-0.2, 0) is 9.53 Å². The van der Waals surface area contributed by atoms with Crippen LogP contribution in [-0.4, -0.2) is 35.0 Å². The second kappa shape index (κ2) is 4.90. The lowest BCUT2D eigenvalue weighted by Gasteiger charge is -2.37. The molecule has 18 heavy (non-hydrogen) atoms. The van der Waals surface area contributed by atoms with Gasteiger partial charge in [0.2, 0.25) is 0 Å². The highest BCUT2D eigenvalue weighted by atomic mass is 16.6. The monoisotopic (exact) mass is 255 g/mol. The van der Waals surface area contributed by atoms with Crippen LogP contribution < -0.4 is 0 Å². The van der Waals surface area contributed by atoms with Crippen molar-refractivity contribution in [3.05, 3.63) is 0 Å². The minimum Gasteiger partial charge on any atom is -0.444 e. The molecule has 0 aliphatic heterocycles. The third kappa shape index (κ3) is 4.00. The van der Waals surface area contributed by atoms with Crippen LogP contribution >= 0.6 is 0 Å². The quantitative estimate of drug-likeness (QED) is 0.728. The summed E-state index contributed by atoms with van der Waals surface area (Å²) in [5.41, 5.74) is -0.809. The van der Waals surface area contributed by atoms with Gasteiger partial charge in [-0.05, 0) is 39.0 Å². The van der Waals surface area contributed by atoms with E-state index >= 15 is 0 Å². The summed E-state index contributed by atoms with van der Waals surface area (Å²) in [7, 11) is 0. The number of amides is 1. The highest BCUT2D eigenvalue weighted by Gasteiger charge is 2.43. The molecule has 1 unspecified atom stereocenters. The van der Waals surface area contributed by atoms with Gasteiger partial charge in [0.25, 0.3) is 0 Å². The van der Waals surface area contributed by atoms with Gasteiger partial charge >= 0.3 is 6.09 Å². The van der Waals surface area contributed by atoms with Gasteiger partial charge in [-0.25, -0.2) is 4.79 Å². The second-order valence-electron chi connectivity index (χ2n) is 7.07. The Balaban J connectivity index is 2.88. The number of rotatable bonds is 3. The van der Waals surface area contributed by atoms with E-state index in [4.69, 9.17) is 4.74 Å². The molecule has 0 aromatic heterocycles. The van der Waals surface area contributed by atoms with Crippen LogP contribution in [0.1, 0.15) is 54.4 Å². The van der Waals surface area contributed by atoms with Crippen molar-refractivity contribution in [2.45, 2.75) is 72.1 Å². The topological polar surface area (TPSA) is 46.6 Å². The summed E-state index contributed by atoms with van der Waals surface area (Å²) in [6, 6.07) is -0.269. The summed E-state index contributed by atoms with van der Waals surface area (Å²) in [5.74, 6) is 0. The van der Waals surface area contributed by atoms with Gasteiger partial charge in [0.05, 0.1) is 6.04 Å². The van der Waals surface area contributed by atoms with E-state index in [0.717, 1.165) is 19.1 Å². The van der Waals surface area contributed by atoms with E-state index < -0.39 is 11.6 Å². The maximum atomic E-state index is 12.2. The van der Waals surface area contributed by atoms with Crippen LogP contribution in [0.5, 0.6) is 0 Å². The minimum atomic E-state index is -0.532. The molecule has 4 nitrogen and oxygen atoms in total. The van der Waals surface area contributed by atoms with Gasteiger partial charge in [-0.3, -0.25) is 4.90 Å². The number of hydrogen-bond acceptors (Lipinski definition) is 3. The average molecular weight is 255 g/mol. The minimum absolute atomic E-state index is 0.161. The molecule has 0 heterocycles. The molecule has 0 aromatic carbocycles. The van der Waals surface area contributed by atoms with Crippen molar-refractivity contribution < 1.29 is 14.3 Å². The van der Waals surface area contributed by atoms with Crippen molar-refractivity contribution >= 4 is 12.4 Å². The third-order valence-corrected chi connectivity index (χ3v) is 2.86. The van der Waals surface area contributed by atoms with Gasteiger partial charge in [0, 0.05) is 6.04 Å². The first-order chi connectivity index (χ1) is 8.06. The fourth-order valence-electron chi connectivity index (χ4n) is 1.84. The zero-order valence-electron chi connectivity index (χ0n) is 12.3. The predicted molar refractivity (Wildman–Crippen MR) is 70.4 cm³/mol. The zero-order chi connectivity index (χ0) is 14.1. The van der Waals surface area contributed by atoms with Gasteiger partial charge in [0.1, 0.15) is 11.9 Å². The van der Waals surface area contributed by atoms with E-state index in [1.54, 1.807) is 4.90 Å². The normalized spacial score (nSPS) is 18.1. The first-order valence-electron chi connectivity index (χ1n) is 6.53. The van der Waals surface area contributed by atoms with Crippen LogP contribution in [0.4, 0.5) is 4.79 Å². The van der Waals surface area contributed by atoms with Crippen molar-refractivity contribution in [2.24, 2.45) is 5.41 Å². The Bertz CT molecular complexity index is 321. The zero-order valence-corrected chi connectivity index (χ0v) is 12.3. The molecule has 1 aliphatic carbocycles. The summed E-state index contributed by atoms with van der Waals surface area (Å²) < 4.78 is 5.41. The highest BCUT2D eigenvalue weighted by molar-refractivity contribution is 5.75. The van der Waals surface area contributed by atoms with E-state index in [9.17, 15) is 9.59 Å². The molecule has 1 atom stereocenters. The smallest absolute Gasteiger partial charge is 0.411 e. The highest BCUT2D eigenvalue weighted by Crippen LogP contribution is 2.35. The Kier molecular flexibility index (Phi) is 4.08. The molecule has 1 aliphatic rings. The lowest BCUT2D eigenvalue weighted by molar-refractivity contribution is -0.116. The molecule has 0 radical (unpaired) electrons. The summed E-state index contributed by atoms with van der Waals surface area (Å²) in [6.45, 7) is 11.4. The molecule has 104 valence electrons. The number of carbonyl (C=O) groups is 2. The maximum Gasteiger partial charge on any atom is 0.411 e. The van der Waals surface area contributed by atoms with Crippen molar-refractivity contribution in [3.63, 3.8) is 0 Å². The Morgan fingerprint density at radius 3 is 2.00 bits per heavy atom. The van der Waals surface area contributed by atoms with E-state index in [1.807, 2.05) is 41.5 Å². The maximum absolute atomic E-state index is 12.2. The molecular weight excluding hydrogens is 230 g/mol. The van der Waals surface area contributed by atoms with Crippen molar-refractivity contribution in [1.29, 1.82) is 0 Å². The summed E-state index contributed by atoms with van der Waals surface area (Å²) in [4.78, 5) is 25.2. The van der Waals surface area contributed by atoms with Crippen LogP contribution in [0, 0.1) is 5.41 Å². The molecule has 1 rings (SSSR count). The van der Waals surface area contributed by atoms with Gasteiger partial charge in [-0.1, -0.05) is 20.8 Å². The number of nitrogens with zero attached hydrogens (tertiary/aromatic N) is 1. The second-order valence-corrected chi connectivity index (χ2v) is 7.07. The first-order valence-corrected chi connectivity index (χ1v) is 6.53. The van der Waals surface area contributed by atoms with Crippen molar-refractivity contribution in [3.8, 4) is 0 Å². The Morgan fingerprint density at radius 1 is 1.22 bits per heavy atom. The molecule has 0 spiro atoms. The van der Waals surface area contributed by atoms with Crippen LogP contribution in [0.25, 0.3) is 0 Å². The van der Waals surface area contributed by atoms with E-state index in [0.29, 0.717) is 0 Å². The average Bonchev–Trinajstić information content (AvgIpc) is 2.91. The summed E-state index contributed by atoms with van der Waals surface area (Å²) in [6.07, 6.45) is 2.40. The fraction of sp³-hybridized carbons (Fsp3) is 0.857. The lowest BCUT2D eigenvalue weighted by Crippen LogP contribution is -2.51. The Hall–Kier alpha value is -1.06. The van der Waals surface area contributed by atoms with Crippen molar-refractivity contribution in [1.82, 2.24) is 4.90 Å². The van der Waals surface area contributed by atoms with E-state index in [1.165, 1.54) is 0 Å². The fourth-order valence-corrected chi connectivity index (χ4v) is 1.84. The van der Waals surface area contributed by atoms with E-state index in [2.05, 4.69) is 0 Å². The summed E-state index contributed by atoms with van der Waals surface area (Å²) >= 11 is 0. The molecule has 1 saturated carbocycles. The summed E-state index contributed by atoms with van der Waals surface area (Å²) in [5, 5.41) is 0. The van der Waals surface area contributed by atoms with Crippen molar-refractivity contribution in [2.75, 3.05) is 0 Å². The Labute approximate surface area is 110 Å². The number of aldehydes is 1. The van der Waals surface area contributed by atoms with Gasteiger partial charge in [-0.15, -0.1) is 0 Å². The standard InChI is InChI=1S/C14H25NO3/c1-13(2,3)11(9-16)15(10-7-8-10)12(17)18-14(4,5)6/h9-11H,7-8H2,1-6H3. The third-order valence-electron chi connectivity index (χ3n) is 2.86. The van der Waals surface area contributed by atoms with Gasteiger partial charge < -0.3 is 9.53 Å². The number of carbonyl (C=O) groups excluding carboxylic acids is 2. The SMILES string of the molecule is CC(C)(C)OC(=O)N(C1CC1)C(C=O)C(C)(C)C. The molecule has 4 heteroatoms. The number of ether oxygens (including phenoxy) is 1. The van der Waals surface area contributed by atoms with Crippen LogP contribution in [0.3, 0.4) is 0 Å². The Morgan fingerprint density at radius 2 is 1.72 bits per heavy atom. The molecule has 0 N–H and O–H groups in total. The molecule has 0 saturated heterocycles. The van der Waals surface area contributed by atoms with Gasteiger partial charge in [-0.2, -0.15) is 0 Å². The molecular formula is C14H25NO3. The lowest BCUT2D eigenvalue weighted by atomic mass is 9.86. The van der Waals surface area contributed by atoms with Crippen LogP contribution in [0.15, 0.2) is 0 Å². The first kappa shape index (κ1) is 15.0. The molecule has 0 bridgehead atoms. The largest absolute Gasteiger partial charge is 0.444 e. The molecule has 1 amide bonds. The number of hydrogen-bond donors (Lipinski definition) is 0. The molecule has 0 aromatic rings. The molecule has 1 fully saturated rings. The predicted octanol–water partition coefficient (Wildman–Crippen LogP) is 3.00. The van der Waals surface area contributed by atoms with E-state index in [-0.39, 0.29) is 17.6 Å². The van der Waals surface area contributed by atoms with Gasteiger partial charge in [0.15, 0.2) is 0 Å².